The Hall–Kier alpha value is -3.08. The van der Waals surface area contributed by atoms with Crippen molar-refractivity contribution in [3.8, 4) is 11.3 Å². The summed E-state index contributed by atoms with van der Waals surface area (Å²) in [5, 5.41) is -0.378. The minimum absolute atomic E-state index is 0.0701. The summed E-state index contributed by atoms with van der Waals surface area (Å²) < 4.78 is 36.5. The van der Waals surface area contributed by atoms with Gasteiger partial charge >= 0.3 is 0 Å². The van der Waals surface area contributed by atoms with Crippen molar-refractivity contribution in [2.45, 2.75) is 11.4 Å². The maximum atomic E-state index is 12.6. The van der Waals surface area contributed by atoms with Crippen molar-refractivity contribution in [1.29, 1.82) is 0 Å². The molecule has 10 heteroatoms. The van der Waals surface area contributed by atoms with Crippen molar-refractivity contribution < 1.29 is 26.8 Å². The number of imide groups is 1. The van der Waals surface area contributed by atoms with Gasteiger partial charge in [0.2, 0.25) is 10.0 Å². The second kappa shape index (κ2) is 8.22. The van der Waals surface area contributed by atoms with Crippen molar-refractivity contribution >= 4 is 39.0 Å². The summed E-state index contributed by atoms with van der Waals surface area (Å²) in [5.41, 5.74) is 0.684. The molecule has 0 radical (unpaired) electrons. The molecule has 2 amide bonds. The molecule has 3 heterocycles. The third-order valence-electron chi connectivity index (χ3n) is 4.59. The number of thioether (sulfide) groups is 1. The van der Waals surface area contributed by atoms with Crippen LogP contribution in [0.25, 0.3) is 17.4 Å². The molecule has 160 valence electrons. The van der Waals surface area contributed by atoms with Crippen molar-refractivity contribution in [3.05, 3.63) is 71.2 Å². The van der Waals surface area contributed by atoms with E-state index in [4.69, 9.17) is 8.83 Å². The highest BCUT2D eigenvalue weighted by molar-refractivity contribution is 8.18. The van der Waals surface area contributed by atoms with Crippen molar-refractivity contribution in [2.24, 2.45) is 0 Å². The molecule has 1 saturated heterocycles. The molecule has 8 nitrogen and oxygen atoms in total. The van der Waals surface area contributed by atoms with Crippen LogP contribution in [-0.2, 0) is 21.4 Å². The fraction of sp³-hybridized carbons (Fsp3) is 0.143. The summed E-state index contributed by atoms with van der Waals surface area (Å²) in [5.74, 6) is 1.02. The zero-order chi connectivity index (χ0) is 22.2. The Kier molecular flexibility index (Phi) is 5.61. The zero-order valence-corrected chi connectivity index (χ0v) is 18.3. The summed E-state index contributed by atoms with van der Waals surface area (Å²) in [7, 11) is -0.571. The van der Waals surface area contributed by atoms with Gasteiger partial charge in [-0.2, -0.15) is 0 Å². The van der Waals surface area contributed by atoms with Gasteiger partial charge in [0.15, 0.2) is 0 Å². The number of carbonyl (C=O) groups is 2. The highest BCUT2D eigenvalue weighted by Gasteiger charge is 2.35. The quantitative estimate of drug-likeness (QED) is 0.514. The first kappa shape index (κ1) is 21.2. The predicted octanol–water partition coefficient (Wildman–Crippen LogP) is 4.03. The van der Waals surface area contributed by atoms with E-state index in [1.165, 1.54) is 38.6 Å². The lowest BCUT2D eigenvalue weighted by atomic mass is 10.2. The first-order chi connectivity index (χ1) is 14.8. The van der Waals surface area contributed by atoms with Gasteiger partial charge in [0.05, 0.1) is 22.6 Å². The average Bonchev–Trinajstić information content (AvgIpc) is 3.47. The van der Waals surface area contributed by atoms with E-state index in [1.807, 2.05) is 0 Å². The average molecular weight is 459 g/mol. The number of amides is 2. The van der Waals surface area contributed by atoms with Crippen LogP contribution in [0, 0.1) is 0 Å². The molecule has 1 fully saturated rings. The van der Waals surface area contributed by atoms with Crippen LogP contribution in [0.5, 0.6) is 0 Å². The lowest BCUT2D eigenvalue weighted by Gasteiger charge is -2.11. The number of furan rings is 2. The monoisotopic (exact) mass is 458 g/mol. The number of nitrogens with zero attached hydrogens (tertiary/aromatic N) is 2. The van der Waals surface area contributed by atoms with Gasteiger partial charge in [-0.05, 0) is 60.3 Å². The van der Waals surface area contributed by atoms with Crippen LogP contribution in [0.4, 0.5) is 4.79 Å². The van der Waals surface area contributed by atoms with Gasteiger partial charge in [-0.1, -0.05) is 0 Å². The highest BCUT2D eigenvalue weighted by Crippen LogP contribution is 2.34. The fourth-order valence-electron chi connectivity index (χ4n) is 2.91. The van der Waals surface area contributed by atoms with Crippen LogP contribution in [0.1, 0.15) is 11.5 Å². The fourth-order valence-corrected chi connectivity index (χ4v) is 4.63. The van der Waals surface area contributed by atoms with Crippen molar-refractivity contribution in [2.75, 3.05) is 14.1 Å². The minimum Gasteiger partial charge on any atom is -0.467 e. The molecule has 0 aliphatic carbocycles. The van der Waals surface area contributed by atoms with Crippen LogP contribution in [0.3, 0.4) is 0 Å². The van der Waals surface area contributed by atoms with E-state index < -0.39 is 15.9 Å². The predicted molar refractivity (Wildman–Crippen MR) is 115 cm³/mol. The molecule has 0 atom stereocenters. The van der Waals surface area contributed by atoms with Crippen LogP contribution in [-0.4, -0.2) is 42.9 Å². The highest BCUT2D eigenvalue weighted by atomic mass is 32.2. The Morgan fingerprint density at radius 2 is 1.81 bits per heavy atom. The molecular formula is C21H18N2O6S2. The molecular weight excluding hydrogens is 440 g/mol. The summed E-state index contributed by atoms with van der Waals surface area (Å²) >= 11 is 0.836. The molecule has 1 aliphatic rings. The molecule has 1 aromatic carbocycles. The van der Waals surface area contributed by atoms with Crippen LogP contribution in [0.2, 0.25) is 0 Å². The molecule has 4 rings (SSSR count). The first-order valence-electron chi connectivity index (χ1n) is 9.16. The summed E-state index contributed by atoms with van der Waals surface area (Å²) in [6.45, 7) is 0.0701. The number of carbonyl (C=O) groups excluding carboxylic acids is 2. The van der Waals surface area contributed by atoms with E-state index in [2.05, 4.69) is 0 Å². The van der Waals surface area contributed by atoms with Crippen LogP contribution < -0.4 is 0 Å². The van der Waals surface area contributed by atoms with Gasteiger partial charge < -0.3 is 8.83 Å². The van der Waals surface area contributed by atoms with E-state index in [0.29, 0.717) is 22.8 Å². The van der Waals surface area contributed by atoms with Crippen molar-refractivity contribution in [1.82, 2.24) is 9.21 Å². The number of benzene rings is 1. The Bertz CT molecular complexity index is 1260. The topological polar surface area (TPSA) is 101 Å². The summed E-state index contributed by atoms with van der Waals surface area (Å²) in [4.78, 5) is 26.3. The largest absolute Gasteiger partial charge is 0.467 e. The molecule has 0 saturated carbocycles. The third kappa shape index (κ3) is 4.22. The third-order valence-corrected chi connectivity index (χ3v) is 7.32. The maximum Gasteiger partial charge on any atom is 0.293 e. The SMILES string of the molecule is CN(C)S(=O)(=O)c1ccc(-c2ccc(C=C3SC(=O)N(Cc4ccco4)C3=O)o2)cc1. The lowest BCUT2D eigenvalue weighted by molar-refractivity contribution is -0.123. The molecule has 0 unspecified atom stereocenters. The lowest BCUT2D eigenvalue weighted by Crippen LogP contribution is -2.27. The number of rotatable bonds is 6. The van der Waals surface area contributed by atoms with Gasteiger partial charge in [-0.15, -0.1) is 0 Å². The van der Waals surface area contributed by atoms with Gasteiger partial charge in [0.1, 0.15) is 17.3 Å². The second-order valence-electron chi connectivity index (χ2n) is 6.86. The first-order valence-corrected chi connectivity index (χ1v) is 11.4. The molecule has 31 heavy (non-hydrogen) atoms. The smallest absolute Gasteiger partial charge is 0.293 e. The number of sulfonamides is 1. The molecule has 1 aliphatic heterocycles. The van der Waals surface area contributed by atoms with Gasteiger partial charge in [-0.25, -0.2) is 12.7 Å². The normalized spacial score (nSPS) is 16.1. The van der Waals surface area contributed by atoms with E-state index in [1.54, 1.807) is 36.4 Å². The zero-order valence-electron chi connectivity index (χ0n) is 16.6. The van der Waals surface area contributed by atoms with E-state index in [-0.39, 0.29) is 21.6 Å². The van der Waals surface area contributed by atoms with E-state index in [9.17, 15) is 18.0 Å². The Balaban J connectivity index is 1.52. The number of hydrogen-bond donors (Lipinski definition) is 0. The van der Waals surface area contributed by atoms with Crippen LogP contribution >= 0.6 is 11.8 Å². The Labute approximate surface area is 183 Å². The van der Waals surface area contributed by atoms with Gasteiger partial charge in [0.25, 0.3) is 11.1 Å². The second-order valence-corrected chi connectivity index (χ2v) is 10.0. The van der Waals surface area contributed by atoms with Gasteiger partial charge in [0, 0.05) is 25.7 Å². The van der Waals surface area contributed by atoms with Crippen molar-refractivity contribution in [3.63, 3.8) is 0 Å². The van der Waals surface area contributed by atoms with E-state index in [0.717, 1.165) is 21.0 Å². The number of hydrogen-bond acceptors (Lipinski definition) is 7. The Morgan fingerprint density at radius 1 is 1.06 bits per heavy atom. The van der Waals surface area contributed by atoms with E-state index >= 15 is 0 Å². The molecule has 0 bridgehead atoms. The molecule has 0 spiro atoms. The van der Waals surface area contributed by atoms with Gasteiger partial charge in [-0.3, -0.25) is 14.5 Å². The summed E-state index contributed by atoms with van der Waals surface area (Å²) in [6.07, 6.45) is 3.00. The molecule has 0 N–H and O–H groups in total. The minimum atomic E-state index is -3.51. The summed E-state index contributed by atoms with van der Waals surface area (Å²) in [6, 6.07) is 13.1. The maximum absolute atomic E-state index is 12.6. The van der Waals surface area contributed by atoms with Crippen LogP contribution in [0.15, 0.2) is 73.4 Å². The Morgan fingerprint density at radius 3 is 2.45 bits per heavy atom. The standard InChI is InChI=1S/C21H18N2O6S2/c1-22(2)31(26,27)17-8-5-14(6-9-17)18-10-7-15(29-18)12-19-20(24)23(21(25)30-19)13-16-4-3-11-28-16/h3-12H,13H2,1-2H3. The molecule has 2 aromatic heterocycles. The molecule has 3 aromatic rings.